The summed E-state index contributed by atoms with van der Waals surface area (Å²) in [4.78, 5) is 0. The van der Waals surface area contributed by atoms with E-state index < -0.39 is 0 Å². The highest BCUT2D eigenvalue weighted by Crippen LogP contribution is 2.29. The molecule has 0 fully saturated rings. The predicted molar refractivity (Wildman–Crippen MR) is 79.0 cm³/mol. The molecule has 0 radical (unpaired) electrons. The Labute approximate surface area is 112 Å². The molecule has 1 heteroatoms. The van der Waals surface area contributed by atoms with Crippen LogP contribution >= 0.6 is 0 Å². The molecule has 0 saturated heterocycles. The average molecular weight is 245 g/mol. The Morgan fingerprint density at radius 1 is 1.11 bits per heavy atom. The smallest absolute Gasteiger partial charge is 0.00106 e. The molecule has 0 aromatic heterocycles. The van der Waals surface area contributed by atoms with Crippen LogP contribution in [0.1, 0.15) is 68.6 Å². The Morgan fingerprint density at radius 2 is 1.83 bits per heavy atom. The van der Waals surface area contributed by atoms with E-state index in [4.69, 9.17) is 5.73 Å². The number of hydrogen-bond donors (Lipinski definition) is 1. The SMILES string of the molecule is CCC(CCC(C)N)c1ccc2c(c1)CCCC2. The van der Waals surface area contributed by atoms with Gasteiger partial charge in [-0.25, -0.2) is 0 Å². The molecule has 2 rings (SSSR count). The number of benzene rings is 1. The fourth-order valence-corrected chi connectivity index (χ4v) is 3.08. The minimum atomic E-state index is 0.330. The van der Waals surface area contributed by atoms with Crippen molar-refractivity contribution >= 4 is 0 Å². The Kier molecular flexibility index (Phi) is 4.82. The Balaban J connectivity index is 2.10. The molecule has 18 heavy (non-hydrogen) atoms. The van der Waals surface area contributed by atoms with Crippen LogP contribution in [0.2, 0.25) is 0 Å². The molecule has 0 bridgehead atoms. The minimum Gasteiger partial charge on any atom is -0.328 e. The quantitative estimate of drug-likeness (QED) is 0.827. The summed E-state index contributed by atoms with van der Waals surface area (Å²) in [7, 11) is 0. The molecular weight excluding hydrogens is 218 g/mol. The van der Waals surface area contributed by atoms with Crippen LogP contribution in [0.15, 0.2) is 18.2 Å². The number of nitrogens with two attached hydrogens (primary N) is 1. The minimum absolute atomic E-state index is 0.330. The van der Waals surface area contributed by atoms with Crippen molar-refractivity contribution in [3.63, 3.8) is 0 Å². The summed E-state index contributed by atoms with van der Waals surface area (Å²) in [6.45, 7) is 4.41. The van der Waals surface area contributed by atoms with E-state index in [0.29, 0.717) is 12.0 Å². The lowest BCUT2D eigenvalue weighted by Gasteiger charge is -2.21. The van der Waals surface area contributed by atoms with Gasteiger partial charge in [-0.15, -0.1) is 0 Å². The number of rotatable bonds is 5. The molecule has 1 nitrogen and oxygen atoms in total. The molecule has 0 saturated carbocycles. The van der Waals surface area contributed by atoms with E-state index in [1.165, 1.54) is 38.5 Å². The lowest BCUT2D eigenvalue weighted by atomic mass is 9.85. The third-order valence-electron chi connectivity index (χ3n) is 4.31. The van der Waals surface area contributed by atoms with Crippen LogP contribution in [-0.4, -0.2) is 6.04 Å². The van der Waals surface area contributed by atoms with Crippen molar-refractivity contribution in [1.82, 2.24) is 0 Å². The van der Waals surface area contributed by atoms with Gasteiger partial charge >= 0.3 is 0 Å². The van der Waals surface area contributed by atoms with Crippen LogP contribution in [0, 0.1) is 0 Å². The van der Waals surface area contributed by atoms with Gasteiger partial charge in [0.2, 0.25) is 0 Å². The van der Waals surface area contributed by atoms with Gasteiger partial charge in [-0.2, -0.15) is 0 Å². The summed E-state index contributed by atoms with van der Waals surface area (Å²) in [5.41, 5.74) is 10.6. The zero-order chi connectivity index (χ0) is 13.0. The Bertz CT molecular complexity index is 381. The molecule has 1 aliphatic rings. The van der Waals surface area contributed by atoms with Crippen LogP contribution in [0.3, 0.4) is 0 Å². The van der Waals surface area contributed by atoms with Crippen molar-refractivity contribution in [3.05, 3.63) is 34.9 Å². The first kappa shape index (κ1) is 13.6. The lowest BCUT2D eigenvalue weighted by Crippen LogP contribution is -2.16. The van der Waals surface area contributed by atoms with Gasteiger partial charge in [0.25, 0.3) is 0 Å². The molecule has 2 atom stereocenters. The Hall–Kier alpha value is -0.820. The van der Waals surface area contributed by atoms with Gasteiger partial charge in [0, 0.05) is 6.04 Å². The summed E-state index contributed by atoms with van der Waals surface area (Å²) in [6.07, 6.45) is 8.90. The van der Waals surface area contributed by atoms with Crippen molar-refractivity contribution in [1.29, 1.82) is 0 Å². The molecule has 0 spiro atoms. The van der Waals surface area contributed by atoms with Crippen molar-refractivity contribution in [2.75, 3.05) is 0 Å². The standard InChI is InChI=1S/C17H27N/c1-3-14(9-8-13(2)18)17-11-10-15-6-4-5-7-16(15)12-17/h10-14H,3-9,18H2,1-2H3. The number of aryl methyl sites for hydroxylation is 2. The van der Waals surface area contributed by atoms with Crippen molar-refractivity contribution in [3.8, 4) is 0 Å². The zero-order valence-electron chi connectivity index (χ0n) is 11.9. The molecular formula is C17H27N. The lowest BCUT2D eigenvalue weighted by molar-refractivity contribution is 0.531. The summed E-state index contributed by atoms with van der Waals surface area (Å²) >= 11 is 0. The molecule has 100 valence electrons. The van der Waals surface area contributed by atoms with Crippen LogP contribution < -0.4 is 5.73 Å². The second kappa shape index (κ2) is 6.38. The third-order valence-corrected chi connectivity index (χ3v) is 4.31. The van der Waals surface area contributed by atoms with Crippen molar-refractivity contribution in [2.24, 2.45) is 5.73 Å². The molecule has 2 N–H and O–H groups in total. The highest BCUT2D eigenvalue weighted by Gasteiger charge is 2.14. The van der Waals surface area contributed by atoms with E-state index in [2.05, 4.69) is 32.0 Å². The first-order valence-electron chi connectivity index (χ1n) is 7.58. The summed E-state index contributed by atoms with van der Waals surface area (Å²) < 4.78 is 0. The molecule has 1 aliphatic carbocycles. The third kappa shape index (κ3) is 3.35. The fraction of sp³-hybridized carbons (Fsp3) is 0.647. The van der Waals surface area contributed by atoms with E-state index in [1.807, 2.05) is 0 Å². The highest BCUT2D eigenvalue weighted by molar-refractivity contribution is 5.35. The van der Waals surface area contributed by atoms with Crippen molar-refractivity contribution < 1.29 is 0 Å². The van der Waals surface area contributed by atoms with Gasteiger partial charge in [-0.05, 0) is 74.5 Å². The fourth-order valence-electron chi connectivity index (χ4n) is 3.08. The van der Waals surface area contributed by atoms with Gasteiger partial charge < -0.3 is 5.73 Å². The summed E-state index contributed by atoms with van der Waals surface area (Å²) in [5.74, 6) is 0.697. The van der Waals surface area contributed by atoms with E-state index in [-0.39, 0.29) is 0 Å². The molecule has 2 unspecified atom stereocenters. The summed E-state index contributed by atoms with van der Waals surface area (Å²) in [6, 6.07) is 7.54. The second-order valence-corrected chi connectivity index (χ2v) is 5.90. The second-order valence-electron chi connectivity index (χ2n) is 5.90. The van der Waals surface area contributed by atoms with E-state index in [0.717, 1.165) is 6.42 Å². The van der Waals surface area contributed by atoms with Gasteiger partial charge in [0.1, 0.15) is 0 Å². The molecule has 0 amide bonds. The number of fused-ring (bicyclic) bond motifs is 1. The van der Waals surface area contributed by atoms with Crippen LogP contribution in [0.5, 0.6) is 0 Å². The monoisotopic (exact) mass is 245 g/mol. The maximum absolute atomic E-state index is 5.88. The zero-order valence-corrected chi connectivity index (χ0v) is 11.9. The maximum Gasteiger partial charge on any atom is 0.00106 e. The van der Waals surface area contributed by atoms with Crippen LogP contribution in [0.25, 0.3) is 0 Å². The molecule has 1 aromatic carbocycles. The molecule has 0 heterocycles. The molecule has 1 aromatic rings. The maximum atomic E-state index is 5.88. The first-order chi connectivity index (χ1) is 8.70. The highest BCUT2D eigenvalue weighted by atomic mass is 14.6. The van der Waals surface area contributed by atoms with E-state index in [9.17, 15) is 0 Å². The Morgan fingerprint density at radius 3 is 2.50 bits per heavy atom. The number of hydrogen-bond acceptors (Lipinski definition) is 1. The first-order valence-corrected chi connectivity index (χ1v) is 7.58. The van der Waals surface area contributed by atoms with Gasteiger partial charge in [-0.1, -0.05) is 25.1 Å². The normalized spacial score (nSPS) is 18.2. The van der Waals surface area contributed by atoms with E-state index in [1.54, 1.807) is 16.7 Å². The van der Waals surface area contributed by atoms with Crippen molar-refractivity contribution in [2.45, 2.75) is 70.8 Å². The van der Waals surface area contributed by atoms with Gasteiger partial charge in [-0.3, -0.25) is 0 Å². The molecule has 0 aliphatic heterocycles. The van der Waals surface area contributed by atoms with E-state index >= 15 is 0 Å². The topological polar surface area (TPSA) is 26.0 Å². The summed E-state index contributed by atoms with van der Waals surface area (Å²) in [5, 5.41) is 0. The van der Waals surface area contributed by atoms with Crippen LogP contribution in [-0.2, 0) is 12.8 Å². The largest absolute Gasteiger partial charge is 0.328 e. The van der Waals surface area contributed by atoms with Gasteiger partial charge in [0.15, 0.2) is 0 Å². The predicted octanol–water partition coefficient (Wildman–Crippen LogP) is 4.19. The average Bonchev–Trinajstić information content (AvgIpc) is 2.39. The van der Waals surface area contributed by atoms with Gasteiger partial charge in [0.05, 0.1) is 0 Å². The van der Waals surface area contributed by atoms with Crippen LogP contribution in [0.4, 0.5) is 0 Å².